The van der Waals surface area contributed by atoms with Gasteiger partial charge in [0.15, 0.2) is 0 Å². The predicted molar refractivity (Wildman–Crippen MR) is 34.3 cm³/mol. The molecule has 0 aliphatic carbocycles. The number of hydrogen-bond acceptors (Lipinski definition) is 3. The van der Waals surface area contributed by atoms with Crippen molar-refractivity contribution in [2.45, 2.75) is 19.4 Å². The zero-order valence-corrected chi connectivity index (χ0v) is 6.06. The van der Waals surface area contributed by atoms with Gasteiger partial charge >= 0.3 is 0 Å². The van der Waals surface area contributed by atoms with Crippen molar-refractivity contribution in [3.8, 4) is 0 Å². The number of aliphatic hydroxyl groups excluding tert-OH is 1. The zero-order valence-electron chi connectivity index (χ0n) is 5.24. The minimum Gasteiger partial charge on any atom is -0.393 e. The van der Waals surface area contributed by atoms with Gasteiger partial charge in [-0.1, -0.05) is 0 Å². The summed E-state index contributed by atoms with van der Waals surface area (Å²) in [7, 11) is -3.38. The van der Waals surface area contributed by atoms with Crippen LogP contribution in [0.3, 0.4) is 0 Å². The van der Waals surface area contributed by atoms with Crippen LogP contribution in [-0.2, 0) is 10.0 Å². The molecule has 0 spiro atoms. The molecular formula is C4H11NO3S. The first-order valence-electron chi connectivity index (χ1n) is 2.60. The highest BCUT2D eigenvalue weighted by Gasteiger charge is 2.04. The van der Waals surface area contributed by atoms with Crippen molar-refractivity contribution in [2.24, 2.45) is 5.14 Å². The lowest BCUT2D eigenvalue weighted by Gasteiger charge is -1.99. The van der Waals surface area contributed by atoms with Crippen molar-refractivity contribution in [1.82, 2.24) is 0 Å². The van der Waals surface area contributed by atoms with Crippen LogP contribution in [-0.4, -0.2) is 25.4 Å². The molecule has 0 heterocycles. The second kappa shape index (κ2) is 3.14. The van der Waals surface area contributed by atoms with E-state index in [9.17, 15) is 8.42 Å². The summed E-state index contributed by atoms with van der Waals surface area (Å²) >= 11 is 0. The highest BCUT2D eigenvalue weighted by molar-refractivity contribution is 7.89. The van der Waals surface area contributed by atoms with Crippen LogP contribution in [0.2, 0.25) is 0 Å². The van der Waals surface area contributed by atoms with Crippen LogP contribution in [0.25, 0.3) is 0 Å². The SMILES string of the molecule is CC(O)CCS(N)(=O)=O. The van der Waals surface area contributed by atoms with Gasteiger partial charge in [0.1, 0.15) is 0 Å². The fourth-order valence-electron chi connectivity index (χ4n) is 0.335. The lowest BCUT2D eigenvalue weighted by atomic mass is 10.3. The Kier molecular flexibility index (Phi) is 3.10. The second-order valence-electron chi connectivity index (χ2n) is 2.00. The molecule has 1 atom stereocenters. The molecule has 0 saturated carbocycles. The van der Waals surface area contributed by atoms with Crippen LogP contribution in [0.5, 0.6) is 0 Å². The van der Waals surface area contributed by atoms with Crippen LogP contribution < -0.4 is 5.14 Å². The molecule has 0 saturated heterocycles. The van der Waals surface area contributed by atoms with Gasteiger partial charge in [0.05, 0.1) is 11.9 Å². The number of primary sulfonamides is 1. The molecule has 0 aromatic rings. The second-order valence-corrected chi connectivity index (χ2v) is 3.74. The highest BCUT2D eigenvalue weighted by atomic mass is 32.2. The van der Waals surface area contributed by atoms with E-state index in [1.54, 1.807) is 0 Å². The van der Waals surface area contributed by atoms with E-state index < -0.39 is 16.1 Å². The molecule has 0 radical (unpaired) electrons. The molecule has 56 valence electrons. The summed E-state index contributed by atoms with van der Waals surface area (Å²) in [5.74, 6) is -0.148. The lowest BCUT2D eigenvalue weighted by molar-refractivity contribution is 0.191. The van der Waals surface area contributed by atoms with E-state index in [0.717, 1.165) is 0 Å². The van der Waals surface area contributed by atoms with Gasteiger partial charge in [-0.05, 0) is 13.3 Å². The molecule has 0 rings (SSSR count). The van der Waals surface area contributed by atoms with Crippen LogP contribution in [0.1, 0.15) is 13.3 Å². The Hall–Kier alpha value is -0.130. The minimum atomic E-state index is -3.38. The smallest absolute Gasteiger partial charge is 0.209 e. The van der Waals surface area contributed by atoms with Gasteiger partial charge in [-0.2, -0.15) is 0 Å². The molecule has 0 aromatic heterocycles. The first kappa shape index (κ1) is 8.87. The maximum absolute atomic E-state index is 10.2. The Bertz CT molecular complexity index is 161. The summed E-state index contributed by atoms with van der Waals surface area (Å²) in [4.78, 5) is 0. The molecule has 0 fully saturated rings. The Morgan fingerprint density at radius 2 is 2.11 bits per heavy atom. The zero-order chi connectivity index (χ0) is 7.49. The molecule has 0 bridgehead atoms. The number of hydrogen-bond donors (Lipinski definition) is 2. The maximum atomic E-state index is 10.2. The van der Waals surface area contributed by atoms with Crippen molar-refractivity contribution in [3.63, 3.8) is 0 Å². The molecule has 0 aromatic carbocycles. The van der Waals surface area contributed by atoms with E-state index in [1.807, 2.05) is 0 Å². The fourth-order valence-corrected chi connectivity index (χ4v) is 1.00. The van der Waals surface area contributed by atoms with Gasteiger partial charge in [0.2, 0.25) is 10.0 Å². The molecule has 3 N–H and O–H groups in total. The van der Waals surface area contributed by atoms with Crippen molar-refractivity contribution < 1.29 is 13.5 Å². The third-order valence-electron chi connectivity index (χ3n) is 0.820. The van der Waals surface area contributed by atoms with E-state index in [1.165, 1.54) is 6.92 Å². The summed E-state index contributed by atoms with van der Waals surface area (Å²) in [6, 6.07) is 0. The van der Waals surface area contributed by atoms with Gasteiger partial charge < -0.3 is 5.11 Å². The Labute approximate surface area is 54.7 Å². The van der Waals surface area contributed by atoms with E-state index in [0.29, 0.717) is 0 Å². The van der Waals surface area contributed by atoms with Gasteiger partial charge in [-0.25, -0.2) is 13.6 Å². The quantitative estimate of drug-likeness (QED) is 0.548. The molecule has 0 amide bonds. The highest BCUT2D eigenvalue weighted by Crippen LogP contribution is 1.90. The predicted octanol–water partition coefficient (Wildman–Crippen LogP) is -0.954. The van der Waals surface area contributed by atoms with E-state index in [-0.39, 0.29) is 12.2 Å². The molecule has 9 heavy (non-hydrogen) atoms. The summed E-state index contributed by atoms with van der Waals surface area (Å²) in [5.41, 5.74) is 0. The number of aliphatic hydroxyl groups is 1. The minimum absolute atomic E-state index is 0.148. The van der Waals surface area contributed by atoms with Crippen LogP contribution in [0.15, 0.2) is 0 Å². The van der Waals surface area contributed by atoms with Crippen LogP contribution in [0, 0.1) is 0 Å². The van der Waals surface area contributed by atoms with Crippen LogP contribution >= 0.6 is 0 Å². The van der Waals surface area contributed by atoms with Crippen molar-refractivity contribution in [2.75, 3.05) is 5.75 Å². The Morgan fingerprint density at radius 3 is 2.22 bits per heavy atom. The van der Waals surface area contributed by atoms with Gasteiger partial charge in [-0.15, -0.1) is 0 Å². The number of rotatable bonds is 3. The van der Waals surface area contributed by atoms with Crippen molar-refractivity contribution in [3.05, 3.63) is 0 Å². The summed E-state index contributed by atoms with van der Waals surface area (Å²) in [5, 5.41) is 13.2. The van der Waals surface area contributed by atoms with E-state index in [4.69, 9.17) is 5.11 Å². The monoisotopic (exact) mass is 153 g/mol. The molecular weight excluding hydrogens is 142 g/mol. The normalized spacial score (nSPS) is 15.4. The topological polar surface area (TPSA) is 80.4 Å². The van der Waals surface area contributed by atoms with Gasteiger partial charge in [-0.3, -0.25) is 0 Å². The lowest BCUT2D eigenvalue weighted by Crippen LogP contribution is -2.19. The average molecular weight is 153 g/mol. The first-order chi connectivity index (χ1) is 3.92. The maximum Gasteiger partial charge on any atom is 0.209 e. The molecule has 4 nitrogen and oxygen atoms in total. The number of sulfonamides is 1. The Morgan fingerprint density at radius 1 is 1.67 bits per heavy atom. The molecule has 1 unspecified atom stereocenters. The third-order valence-corrected chi connectivity index (χ3v) is 1.62. The Balaban J connectivity index is 3.53. The molecule has 5 heteroatoms. The summed E-state index contributed by atoms with van der Waals surface area (Å²) in [6.45, 7) is 1.52. The fraction of sp³-hybridized carbons (Fsp3) is 1.00. The molecule has 0 aliphatic heterocycles. The van der Waals surface area contributed by atoms with Crippen molar-refractivity contribution in [1.29, 1.82) is 0 Å². The van der Waals surface area contributed by atoms with Gasteiger partial charge in [0, 0.05) is 0 Å². The standard InChI is InChI=1S/C4H11NO3S/c1-4(6)2-3-9(5,7)8/h4,6H,2-3H2,1H3,(H2,5,7,8). The van der Waals surface area contributed by atoms with E-state index in [2.05, 4.69) is 5.14 Å². The average Bonchev–Trinajstić information content (AvgIpc) is 1.59. The number of nitrogens with two attached hydrogens (primary N) is 1. The third kappa shape index (κ3) is 7.87. The van der Waals surface area contributed by atoms with Crippen molar-refractivity contribution >= 4 is 10.0 Å². The van der Waals surface area contributed by atoms with Crippen LogP contribution in [0.4, 0.5) is 0 Å². The summed E-state index contributed by atoms with van der Waals surface area (Å²) < 4.78 is 20.4. The first-order valence-corrected chi connectivity index (χ1v) is 4.32. The largest absolute Gasteiger partial charge is 0.393 e. The van der Waals surface area contributed by atoms with E-state index >= 15 is 0 Å². The summed E-state index contributed by atoms with van der Waals surface area (Å²) in [6.07, 6.45) is -0.387. The molecule has 0 aliphatic rings. The van der Waals surface area contributed by atoms with Gasteiger partial charge in [0.25, 0.3) is 0 Å².